The van der Waals surface area contributed by atoms with E-state index in [1.807, 2.05) is 12.1 Å². The van der Waals surface area contributed by atoms with Crippen LogP contribution in [0.3, 0.4) is 0 Å². The number of halogens is 1. The summed E-state index contributed by atoms with van der Waals surface area (Å²) in [5.41, 5.74) is 1.17. The summed E-state index contributed by atoms with van der Waals surface area (Å²) >= 11 is 0. The molecule has 2 saturated carbocycles. The van der Waals surface area contributed by atoms with Gasteiger partial charge in [-0.05, 0) is 49.3 Å². The number of hydrogen-bond donors (Lipinski definition) is 1. The van der Waals surface area contributed by atoms with Gasteiger partial charge in [-0.15, -0.1) is 0 Å². The molecule has 2 heteroatoms. The van der Waals surface area contributed by atoms with Gasteiger partial charge < -0.3 is 5.32 Å². The van der Waals surface area contributed by atoms with Gasteiger partial charge in [0, 0.05) is 12.1 Å². The van der Waals surface area contributed by atoms with Gasteiger partial charge in [0.25, 0.3) is 0 Å². The Kier molecular flexibility index (Phi) is 2.24. The molecule has 2 aliphatic rings. The molecule has 1 nitrogen and oxygen atoms in total. The van der Waals surface area contributed by atoms with Gasteiger partial charge in [-0.2, -0.15) is 0 Å². The van der Waals surface area contributed by atoms with Gasteiger partial charge in [0.2, 0.25) is 0 Å². The van der Waals surface area contributed by atoms with Crippen molar-refractivity contribution in [2.24, 2.45) is 0 Å². The van der Waals surface area contributed by atoms with E-state index < -0.39 is 0 Å². The Hall–Kier alpha value is -0.890. The molecule has 1 aromatic carbocycles. The Morgan fingerprint density at radius 3 is 2.60 bits per heavy atom. The van der Waals surface area contributed by atoms with Crippen molar-refractivity contribution >= 4 is 0 Å². The number of hydrogen-bond acceptors (Lipinski definition) is 1. The molecular formula is C13H16FN. The summed E-state index contributed by atoms with van der Waals surface area (Å²) in [5.74, 6) is 0.475. The van der Waals surface area contributed by atoms with E-state index in [2.05, 4.69) is 5.32 Å². The standard InChI is InChI=1S/C13H16FN/c14-11-3-1-2-9(6-11)10-7-13(8-10)15-12-4-5-12/h1-3,6,10,12-13,15H,4-5,7-8H2. The Morgan fingerprint density at radius 1 is 1.13 bits per heavy atom. The average molecular weight is 205 g/mol. The van der Waals surface area contributed by atoms with E-state index in [-0.39, 0.29) is 5.82 Å². The van der Waals surface area contributed by atoms with Crippen LogP contribution in [0.1, 0.15) is 37.2 Å². The first kappa shape index (κ1) is 9.34. The van der Waals surface area contributed by atoms with Crippen LogP contribution in [0.4, 0.5) is 4.39 Å². The van der Waals surface area contributed by atoms with Crippen LogP contribution < -0.4 is 5.32 Å². The van der Waals surface area contributed by atoms with Crippen LogP contribution in [-0.2, 0) is 0 Å². The Morgan fingerprint density at radius 2 is 1.93 bits per heavy atom. The fraction of sp³-hybridized carbons (Fsp3) is 0.538. The molecule has 0 aliphatic heterocycles. The van der Waals surface area contributed by atoms with Gasteiger partial charge >= 0.3 is 0 Å². The summed E-state index contributed by atoms with van der Waals surface area (Å²) in [6.45, 7) is 0. The third-order valence-corrected chi connectivity index (χ3v) is 3.51. The zero-order chi connectivity index (χ0) is 10.3. The lowest BCUT2D eigenvalue weighted by Gasteiger charge is -2.36. The van der Waals surface area contributed by atoms with Crippen LogP contribution in [0, 0.1) is 5.82 Å². The molecule has 0 radical (unpaired) electrons. The zero-order valence-corrected chi connectivity index (χ0v) is 8.75. The first-order valence-electron chi connectivity index (χ1n) is 5.83. The van der Waals surface area contributed by atoms with Gasteiger partial charge in [0.1, 0.15) is 5.82 Å². The fourth-order valence-electron chi connectivity index (χ4n) is 2.37. The first-order chi connectivity index (χ1) is 7.31. The molecule has 0 amide bonds. The molecule has 0 saturated heterocycles. The maximum atomic E-state index is 13.0. The Labute approximate surface area is 89.7 Å². The van der Waals surface area contributed by atoms with Crippen molar-refractivity contribution in [2.75, 3.05) is 0 Å². The van der Waals surface area contributed by atoms with Gasteiger partial charge in [-0.1, -0.05) is 12.1 Å². The first-order valence-corrected chi connectivity index (χ1v) is 5.83. The minimum atomic E-state index is -0.105. The minimum absolute atomic E-state index is 0.105. The highest BCUT2D eigenvalue weighted by Crippen LogP contribution is 2.38. The molecule has 0 aromatic heterocycles. The molecule has 80 valence electrons. The van der Waals surface area contributed by atoms with E-state index in [4.69, 9.17) is 0 Å². The molecule has 15 heavy (non-hydrogen) atoms. The topological polar surface area (TPSA) is 12.0 Å². The van der Waals surface area contributed by atoms with E-state index in [9.17, 15) is 4.39 Å². The molecule has 2 fully saturated rings. The van der Waals surface area contributed by atoms with Crippen LogP contribution in [0.2, 0.25) is 0 Å². The Balaban J connectivity index is 1.57. The molecule has 0 unspecified atom stereocenters. The van der Waals surface area contributed by atoms with Crippen molar-refractivity contribution in [3.8, 4) is 0 Å². The van der Waals surface area contributed by atoms with Crippen LogP contribution in [0.15, 0.2) is 24.3 Å². The smallest absolute Gasteiger partial charge is 0.123 e. The lowest BCUT2D eigenvalue weighted by Crippen LogP contribution is -2.41. The molecule has 3 rings (SSSR count). The predicted molar refractivity (Wildman–Crippen MR) is 58.3 cm³/mol. The van der Waals surface area contributed by atoms with E-state index in [1.54, 1.807) is 6.07 Å². The van der Waals surface area contributed by atoms with Crippen molar-refractivity contribution in [2.45, 2.75) is 43.7 Å². The highest BCUT2D eigenvalue weighted by Gasteiger charge is 2.34. The maximum Gasteiger partial charge on any atom is 0.123 e. The monoisotopic (exact) mass is 205 g/mol. The van der Waals surface area contributed by atoms with Crippen molar-refractivity contribution in [3.05, 3.63) is 35.6 Å². The van der Waals surface area contributed by atoms with Crippen molar-refractivity contribution in [3.63, 3.8) is 0 Å². The highest BCUT2D eigenvalue weighted by molar-refractivity contribution is 5.23. The molecule has 0 heterocycles. The quantitative estimate of drug-likeness (QED) is 0.800. The minimum Gasteiger partial charge on any atom is -0.311 e. The second-order valence-corrected chi connectivity index (χ2v) is 4.86. The SMILES string of the molecule is Fc1cccc(C2CC(NC3CC3)C2)c1. The summed E-state index contributed by atoms with van der Waals surface area (Å²) < 4.78 is 13.0. The van der Waals surface area contributed by atoms with Crippen molar-refractivity contribution in [1.29, 1.82) is 0 Å². The third kappa shape index (κ3) is 2.05. The average Bonchev–Trinajstić information content (AvgIpc) is 2.94. The largest absolute Gasteiger partial charge is 0.311 e. The summed E-state index contributed by atoms with van der Waals surface area (Å²) in [4.78, 5) is 0. The molecule has 1 N–H and O–H groups in total. The molecule has 0 spiro atoms. The van der Waals surface area contributed by atoms with Gasteiger partial charge in [-0.3, -0.25) is 0 Å². The summed E-state index contributed by atoms with van der Waals surface area (Å²) in [6, 6.07) is 8.53. The zero-order valence-electron chi connectivity index (χ0n) is 8.75. The Bertz CT molecular complexity index is 353. The summed E-state index contributed by atoms with van der Waals surface area (Å²) in [7, 11) is 0. The second kappa shape index (κ2) is 3.60. The van der Waals surface area contributed by atoms with Gasteiger partial charge in [0.15, 0.2) is 0 Å². The van der Waals surface area contributed by atoms with E-state index in [1.165, 1.54) is 37.3 Å². The van der Waals surface area contributed by atoms with Gasteiger partial charge in [-0.25, -0.2) is 4.39 Å². The van der Waals surface area contributed by atoms with E-state index >= 15 is 0 Å². The van der Waals surface area contributed by atoms with Crippen LogP contribution in [-0.4, -0.2) is 12.1 Å². The van der Waals surface area contributed by atoms with Crippen LogP contribution in [0.5, 0.6) is 0 Å². The normalized spacial score (nSPS) is 29.9. The molecule has 2 aliphatic carbocycles. The van der Waals surface area contributed by atoms with Crippen LogP contribution in [0.25, 0.3) is 0 Å². The van der Waals surface area contributed by atoms with Crippen LogP contribution >= 0.6 is 0 Å². The van der Waals surface area contributed by atoms with Gasteiger partial charge in [0.05, 0.1) is 0 Å². The van der Waals surface area contributed by atoms with E-state index in [0.29, 0.717) is 12.0 Å². The predicted octanol–water partition coefficient (Wildman–Crippen LogP) is 2.82. The summed E-state index contributed by atoms with van der Waals surface area (Å²) in [5, 5.41) is 3.61. The van der Waals surface area contributed by atoms with E-state index in [0.717, 1.165) is 6.04 Å². The summed E-state index contributed by atoms with van der Waals surface area (Å²) in [6.07, 6.45) is 5.06. The third-order valence-electron chi connectivity index (χ3n) is 3.51. The lowest BCUT2D eigenvalue weighted by atomic mass is 9.76. The lowest BCUT2D eigenvalue weighted by molar-refractivity contribution is 0.288. The number of benzene rings is 1. The molecule has 0 bridgehead atoms. The highest BCUT2D eigenvalue weighted by atomic mass is 19.1. The second-order valence-electron chi connectivity index (χ2n) is 4.86. The maximum absolute atomic E-state index is 13.0. The number of rotatable bonds is 3. The van der Waals surface area contributed by atoms with Crippen molar-refractivity contribution in [1.82, 2.24) is 5.32 Å². The molecule has 1 aromatic rings. The van der Waals surface area contributed by atoms with Crippen molar-refractivity contribution < 1.29 is 4.39 Å². The molecular weight excluding hydrogens is 189 g/mol. The fourth-order valence-corrected chi connectivity index (χ4v) is 2.37. The number of nitrogens with one attached hydrogen (secondary N) is 1. The molecule has 0 atom stereocenters.